The van der Waals surface area contributed by atoms with Crippen molar-refractivity contribution in [2.75, 3.05) is 49.2 Å². The van der Waals surface area contributed by atoms with Crippen molar-refractivity contribution in [1.82, 2.24) is 29.5 Å². The third kappa shape index (κ3) is 4.74. The number of nitrogens with one attached hydrogen (secondary N) is 1. The number of H-pyrrole nitrogens is 1. The maximum Gasteiger partial charge on any atom is 0.347 e. The maximum atomic E-state index is 14.9. The summed E-state index contributed by atoms with van der Waals surface area (Å²) in [5.41, 5.74) is 2.16. The number of piperazine rings is 1. The summed E-state index contributed by atoms with van der Waals surface area (Å²) < 4.78 is 44.3. The van der Waals surface area contributed by atoms with Crippen molar-refractivity contribution in [3.8, 4) is 11.4 Å². The quantitative estimate of drug-likeness (QED) is 0.284. The molecule has 0 bridgehead atoms. The van der Waals surface area contributed by atoms with Crippen LogP contribution in [0.5, 0.6) is 5.75 Å². The summed E-state index contributed by atoms with van der Waals surface area (Å²) in [6.07, 6.45) is 4.52. The highest BCUT2D eigenvalue weighted by Gasteiger charge is 2.75. The molecule has 13 heteroatoms. The number of ether oxygens (including phenoxy) is 2. The van der Waals surface area contributed by atoms with Crippen LogP contribution in [-0.4, -0.2) is 68.9 Å². The van der Waals surface area contributed by atoms with E-state index in [1.807, 2.05) is 36.4 Å². The van der Waals surface area contributed by atoms with Gasteiger partial charge in [-0.2, -0.15) is 10.2 Å². The number of halogens is 2. The standard InChI is InChI=1S/C32H30F2N8O3/c33-22-1-10-27(28(34)15-22)32-29(30(32)42-19-35-18-37-42)21(17-45-32)16-44-26-8-6-24(7-9-26)40-13-11-39(12-14-40)23-2-4-25(5-3-23)41-20-36-38-31(41)43/h1-10,15,18-21,29-30H,11-14,16-17H2,(H,38,43)/t21-,29?,30?,32+/m1/s1. The largest absolute Gasteiger partial charge is 0.493 e. The van der Waals surface area contributed by atoms with Gasteiger partial charge >= 0.3 is 5.69 Å². The minimum absolute atomic E-state index is 0.00823. The van der Waals surface area contributed by atoms with E-state index in [1.54, 1.807) is 11.0 Å². The normalized spacial score (nSPS) is 24.1. The SMILES string of the molecule is O=c1[nH]ncn1-c1ccc(N2CCN(c3ccc(OC[C@@H]4CO[C@@]5(c6ccc(F)cc6F)C4C5n4cncn4)cc3)CC2)cc1. The fraction of sp³-hybridized carbons (Fsp3) is 0.312. The topological polar surface area (TPSA) is 106 Å². The Morgan fingerprint density at radius 1 is 0.911 bits per heavy atom. The van der Waals surface area contributed by atoms with E-state index in [0.717, 1.165) is 55.1 Å². The van der Waals surface area contributed by atoms with Crippen LogP contribution in [0.15, 0.2) is 90.5 Å². The monoisotopic (exact) mass is 612 g/mol. The zero-order valence-electron chi connectivity index (χ0n) is 24.2. The first-order chi connectivity index (χ1) is 22.0. The summed E-state index contributed by atoms with van der Waals surface area (Å²) in [5, 5.41) is 10.5. The van der Waals surface area contributed by atoms with E-state index in [2.05, 4.69) is 42.2 Å². The van der Waals surface area contributed by atoms with Crippen molar-refractivity contribution in [3.05, 3.63) is 113 Å². The van der Waals surface area contributed by atoms with Crippen LogP contribution in [-0.2, 0) is 10.3 Å². The van der Waals surface area contributed by atoms with Gasteiger partial charge < -0.3 is 19.3 Å². The molecule has 1 N–H and O–H groups in total. The van der Waals surface area contributed by atoms with Crippen molar-refractivity contribution in [3.63, 3.8) is 0 Å². The summed E-state index contributed by atoms with van der Waals surface area (Å²) in [6.45, 7) is 4.28. The molecule has 45 heavy (non-hydrogen) atoms. The molecule has 11 nitrogen and oxygen atoms in total. The fourth-order valence-electron chi connectivity index (χ4n) is 7.04. The van der Waals surface area contributed by atoms with Gasteiger partial charge in [-0.3, -0.25) is 0 Å². The van der Waals surface area contributed by atoms with Crippen LogP contribution in [0.3, 0.4) is 0 Å². The molecule has 0 amide bonds. The fourth-order valence-corrected chi connectivity index (χ4v) is 7.04. The first-order valence-corrected chi connectivity index (χ1v) is 14.9. The van der Waals surface area contributed by atoms with E-state index in [9.17, 15) is 13.6 Å². The first kappa shape index (κ1) is 27.5. The molecule has 3 aromatic carbocycles. The van der Waals surface area contributed by atoms with Crippen molar-refractivity contribution in [1.29, 1.82) is 0 Å². The van der Waals surface area contributed by atoms with Crippen LogP contribution < -0.4 is 20.2 Å². The molecular weight excluding hydrogens is 582 g/mol. The summed E-state index contributed by atoms with van der Waals surface area (Å²) in [7, 11) is 0. The Morgan fingerprint density at radius 2 is 1.60 bits per heavy atom. The van der Waals surface area contributed by atoms with Crippen molar-refractivity contribution < 1.29 is 18.3 Å². The average molecular weight is 613 g/mol. The smallest absolute Gasteiger partial charge is 0.347 e. The lowest BCUT2D eigenvalue weighted by atomic mass is 10.0. The van der Waals surface area contributed by atoms with Gasteiger partial charge in [-0.15, -0.1) is 0 Å². The number of hydrogen-bond acceptors (Lipinski definition) is 8. The lowest BCUT2D eigenvalue weighted by Gasteiger charge is -2.37. The van der Waals surface area contributed by atoms with Gasteiger partial charge in [0.15, 0.2) is 0 Å². The molecule has 4 atom stereocenters. The summed E-state index contributed by atoms with van der Waals surface area (Å²) in [4.78, 5) is 20.6. The van der Waals surface area contributed by atoms with Gasteiger partial charge in [0.05, 0.1) is 24.9 Å². The molecule has 0 spiro atoms. The molecule has 2 saturated heterocycles. The number of hydrogen-bond donors (Lipinski definition) is 1. The number of aromatic amines is 1. The molecule has 1 aliphatic carbocycles. The van der Waals surface area contributed by atoms with Crippen LogP contribution in [0.25, 0.3) is 5.69 Å². The third-order valence-corrected chi connectivity index (χ3v) is 9.27. The second-order valence-electron chi connectivity index (χ2n) is 11.7. The predicted octanol–water partition coefficient (Wildman–Crippen LogP) is 3.55. The molecule has 2 aromatic heterocycles. The first-order valence-electron chi connectivity index (χ1n) is 14.9. The van der Waals surface area contributed by atoms with Gasteiger partial charge in [0, 0.05) is 61.0 Å². The van der Waals surface area contributed by atoms with E-state index < -0.39 is 17.2 Å². The Labute approximate surface area is 256 Å². The minimum Gasteiger partial charge on any atom is -0.493 e. The van der Waals surface area contributed by atoms with Gasteiger partial charge in [-0.05, 0) is 54.6 Å². The second-order valence-corrected chi connectivity index (χ2v) is 11.7. The Morgan fingerprint density at radius 3 is 2.22 bits per heavy atom. The molecule has 0 radical (unpaired) electrons. The van der Waals surface area contributed by atoms with Crippen LogP contribution >= 0.6 is 0 Å². The lowest BCUT2D eigenvalue weighted by Crippen LogP contribution is -2.46. The van der Waals surface area contributed by atoms with Crippen LogP contribution in [0.4, 0.5) is 20.2 Å². The highest BCUT2D eigenvalue weighted by atomic mass is 19.1. The van der Waals surface area contributed by atoms with Gasteiger partial charge in [-0.1, -0.05) is 6.07 Å². The summed E-state index contributed by atoms with van der Waals surface area (Å²) in [6, 6.07) is 19.4. The summed E-state index contributed by atoms with van der Waals surface area (Å²) >= 11 is 0. The van der Waals surface area contributed by atoms with Crippen molar-refractivity contribution in [2.45, 2.75) is 11.6 Å². The Kier molecular flexibility index (Phi) is 6.63. The van der Waals surface area contributed by atoms with Crippen LogP contribution in [0.2, 0.25) is 0 Å². The van der Waals surface area contributed by atoms with E-state index >= 15 is 0 Å². The molecule has 1 saturated carbocycles. The van der Waals surface area contributed by atoms with E-state index in [4.69, 9.17) is 9.47 Å². The highest BCUT2D eigenvalue weighted by Crippen LogP contribution is 2.70. The molecule has 3 aliphatic rings. The highest BCUT2D eigenvalue weighted by molar-refractivity contribution is 5.54. The summed E-state index contributed by atoms with van der Waals surface area (Å²) in [5.74, 6) is -0.591. The number of fused-ring (bicyclic) bond motifs is 1. The van der Waals surface area contributed by atoms with Crippen molar-refractivity contribution in [2.24, 2.45) is 11.8 Å². The molecule has 8 rings (SSSR count). The van der Waals surface area contributed by atoms with Gasteiger partial charge in [0.25, 0.3) is 0 Å². The van der Waals surface area contributed by atoms with Crippen LogP contribution in [0, 0.1) is 23.5 Å². The number of aromatic nitrogens is 6. The van der Waals surface area contributed by atoms with E-state index in [1.165, 1.54) is 29.4 Å². The number of rotatable bonds is 8. The average Bonchev–Trinajstić information content (AvgIpc) is 3.53. The third-order valence-electron chi connectivity index (χ3n) is 9.27. The van der Waals surface area contributed by atoms with Crippen molar-refractivity contribution >= 4 is 11.4 Å². The van der Waals surface area contributed by atoms with Gasteiger partial charge in [0.1, 0.15) is 42.0 Å². The maximum absolute atomic E-state index is 14.9. The van der Waals surface area contributed by atoms with E-state index in [0.29, 0.717) is 18.8 Å². The molecule has 2 aliphatic heterocycles. The zero-order chi connectivity index (χ0) is 30.5. The van der Waals surface area contributed by atoms with Crippen LogP contribution in [0.1, 0.15) is 11.6 Å². The number of anilines is 2. The molecule has 4 heterocycles. The molecule has 3 fully saturated rings. The molecule has 2 unspecified atom stereocenters. The molecule has 230 valence electrons. The number of benzene rings is 3. The Hall–Kier alpha value is -5.04. The minimum atomic E-state index is -0.924. The predicted molar refractivity (Wildman–Crippen MR) is 161 cm³/mol. The van der Waals surface area contributed by atoms with E-state index in [-0.39, 0.29) is 23.6 Å². The second kappa shape index (κ2) is 10.8. The Balaban J connectivity index is 0.885. The number of nitrogens with zero attached hydrogens (tertiary/aromatic N) is 7. The van der Waals surface area contributed by atoms with Gasteiger partial charge in [0.2, 0.25) is 0 Å². The van der Waals surface area contributed by atoms with Gasteiger partial charge in [-0.25, -0.2) is 32.9 Å². The molecule has 5 aromatic rings. The lowest BCUT2D eigenvalue weighted by molar-refractivity contribution is 0.0302. The zero-order valence-corrected chi connectivity index (χ0v) is 24.2. The molecular formula is C32H30F2N8O3. The Bertz CT molecular complexity index is 1850.